The zero-order valence-electron chi connectivity index (χ0n) is 10.6. The summed E-state index contributed by atoms with van der Waals surface area (Å²) in [6.45, 7) is 0.355. The van der Waals surface area contributed by atoms with Gasteiger partial charge in [0.1, 0.15) is 4.90 Å². The molecule has 1 rings (SSSR count). The van der Waals surface area contributed by atoms with Crippen molar-refractivity contribution in [2.24, 2.45) is 0 Å². The Hall–Kier alpha value is 0.480. The lowest BCUT2D eigenvalue weighted by atomic mass is 10.2. The number of benzene rings is 1. The normalized spacial score (nSPS) is 11.8. The first-order chi connectivity index (χ1) is 9.38. The molecule has 114 valence electrons. The highest BCUT2D eigenvalue weighted by Crippen LogP contribution is 2.32. The molecule has 1 N–H and O–H groups in total. The Morgan fingerprint density at radius 3 is 2.15 bits per heavy atom. The first-order valence-corrected chi connectivity index (χ1v) is 9.65. The van der Waals surface area contributed by atoms with Gasteiger partial charge in [-0.1, -0.05) is 52.0 Å². The van der Waals surface area contributed by atoms with Crippen LogP contribution in [-0.4, -0.2) is 20.8 Å². The molecule has 0 unspecified atom stereocenters. The van der Waals surface area contributed by atoms with Crippen LogP contribution in [0, 0.1) is 0 Å². The van der Waals surface area contributed by atoms with E-state index in [1.54, 1.807) is 0 Å². The van der Waals surface area contributed by atoms with E-state index in [2.05, 4.69) is 20.7 Å². The molecular formula is C12H15BrCl3NO2S. The van der Waals surface area contributed by atoms with Crippen molar-refractivity contribution in [2.45, 2.75) is 30.6 Å². The molecular weight excluding hydrogens is 408 g/mol. The summed E-state index contributed by atoms with van der Waals surface area (Å²) in [5, 5.41) is 0.193. The van der Waals surface area contributed by atoms with Gasteiger partial charge in [0.2, 0.25) is 10.0 Å². The Labute approximate surface area is 143 Å². The average molecular weight is 424 g/mol. The quantitative estimate of drug-likeness (QED) is 0.481. The molecule has 0 amide bonds. The molecule has 0 atom stereocenters. The van der Waals surface area contributed by atoms with E-state index >= 15 is 0 Å². The van der Waals surface area contributed by atoms with Gasteiger partial charge in [-0.3, -0.25) is 0 Å². The van der Waals surface area contributed by atoms with Crippen LogP contribution < -0.4 is 4.72 Å². The maximum absolute atomic E-state index is 12.2. The maximum atomic E-state index is 12.2. The summed E-state index contributed by atoms with van der Waals surface area (Å²) in [5.41, 5.74) is 0. The maximum Gasteiger partial charge on any atom is 0.243 e. The molecule has 3 nitrogen and oxygen atoms in total. The molecule has 8 heteroatoms. The first kappa shape index (κ1) is 18.5. The lowest BCUT2D eigenvalue weighted by Gasteiger charge is -2.10. The largest absolute Gasteiger partial charge is 0.243 e. The van der Waals surface area contributed by atoms with Crippen molar-refractivity contribution in [1.82, 2.24) is 4.72 Å². The SMILES string of the molecule is O=S(=O)(NCCCCCCCl)c1c(Cl)cc(Br)cc1Cl. The van der Waals surface area contributed by atoms with E-state index in [4.69, 9.17) is 34.8 Å². The third-order valence-electron chi connectivity index (χ3n) is 2.58. The molecule has 0 bridgehead atoms. The molecule has 0 saturated heterocycles. The summed E-state index contributed by atoms with van der Waals surface area (Å²) in [7, 11) is -3.69. The second-order valence-electron chi connectivity index (χ2n) is 4.20. The average Bonchev–Trinajstić information content (AvgIpc) is 2.31. The molecule has 0 aliphatic heterocycles. The number of hydrogen-bond acceptors (Lipinski definition) is 2. The number of sulfonamides is 1. The van der Waals surface area contributed by atoms with E-state index < -0.39 is 10.0 Å². The van der Waals surface area contributed by atoms with Crippen LogP contribution in [-0.2, 0) is 10.0 Å². The van der Waals surface area contributed by atoms with Crippen LogP contribution in [0.3, 0.4) is 0 Å². The molecule has 20 heavy (non-hydrogen) atoms. The molecule has 0 saturated carbocycles. The van der Waals surface area contributed by atoms with E-state index in [-0.39, 0.29) is 14.9 Å². The second-order valence-corrected chi connectivity index (χ2v) is 8.01. The highest BCUT2D eigenvalue weighted by Gasteiger charge is 2.21. The molecule has 1 aromatic carbocycles. The first-order valence-electron chi connectivity index (χ1n) is 6.08. The van der Waals surface area contributed by atoms with Crippen molar-refractivity contribution in [3.05, 3.63) is 26.7 Å². The molecule has 0 heterocycles. The standard InChI is InChI=1S/C12H15BrCl3NO2S/c13-9-7-10(15)12(11(16)8-9)20(18,19)17-6-4-2-1-3-5-14/h7-8,17H,1-6H2. The lowest BCUT2D eigenvalue weighted by molar-refractivity contribution is 0.574. The van der Waals surface area contributed by atoms with Gasteiger partial charge in [-0.05, 0) is 25.0 Å². The number of nitrogens with one attached hydrogen (secondary N) is 1. The number of halogens is 4. The molecule has 0 fully saturated rings. The van der Waals surface area contributed by atoms with Gasteiger partial charge in [-0.2, -0.15) is 0 Å². The minimum absolute atomic E-state index is 0.0789. The Morgan fingerprint density at radius 2 is 1.60 bits per heavy atom. The Morgan fingerprint density at radius 1 is 1.05 bits per heavy atom. The Kier molecular flexibility index (Phi) is 8.16. The summed E-state index contributed by atoms with van der Waals surface area (Å²) in [6.07, 6.45) is 3.61. The van der Waals surface area contributed by atoms with Gasteiger partial charge in [-0.25, -0.2) is 13.1 Å². The molecule has 0 radical (unpaired) electrons. The monoisotopic (exact) mass is 421 g/mol. The van der Waals surface area contributed by atoms with E-state index in [0.717, 1.165) is 25.7 Å². The molecule has 0 aromatic heterocycles. The molecule has 1 aromatic rings. The highest BCUT2D eigenvalue weighted by atomic mass is 79.9. The summed E-state index contributed by atoms with van der Waals surface area (Å²) >= 11 is 20.7. The summed E-state index contributed by atoms with van der Waals surface area (Å²) in [6, 6.07) is 3.00. The number of alkyl halides is 1. The van der Waals surface area contributed by atoms with E-state index in [1.165, 1.54) is 12.1 Å². The Balaban J connectivity index is 2.66. The van der Waals surface area contributed by atoms with Crippen molar-refractivity contribution >= 4 is 60.8 Å². The van der Waals surface area contributed by atoms with Crippen molar-refractivity contribution in [3.63, 3.8) is 0 Å². The number of hydrogen-bond donors (Lipinski definition) is 1. The van der Waals surface area contributed by atoms with Gasteiger partial charge in [0, 0.05) is 16.9 Å². The second kappa shape index (κ2) is 8.81. The van der Waals surface area contributed by atoms with Crippen molar-refractivity contribution < 1.29 is 8.42 Å². The van der Waals surface area contributed by atoms with Gasteiger partial charge >= 0.3 is 0 Å². The van der Waals surface area contributed by atoms with Gasteiger partial charge in [0.25, 0.3) is 0 Å². The van der Waals surface area contributed by atoms with Gasteiger partial charge in [-0.15, -0.1) is 11.6 Å². The zero-order valence-corrected chi connectivity index (χ0v) is 15.3. The van der Waals surface area contributed by atoms with Crippen LogP contribution in [0.25, 0.3) is 0 Å². The number of rotatable bonds is 8. The fourth-order valence-electron chi connectivity index (χ4n) is 1.64. The van der Waals surface area contributed by atoms with Crippen molar-refractivity contribution in [2.75, 3.05) is 12.4 Å². The van der Waals surface area contributed by atoms with Crippen LogP contribution in [0.4, 0.5) is 0 Å². The van der Waals surface area contributed by atoms with Crippen LogP contribution in [0.15, 0.2) is 21.5 Å². The zero-order chi connectivity index (χ0) is 15.2. The smallest absolute Gasteiger partial charge is 0.211 e. The van der Waals surface area contributed by atoms with Crippen molar-refractivity contribution in [1.29, 1.82) is 0 Å². The minimum atomic E-state index is -3.69. The van der Waals surface area contributed by atoms with Crippen LogP contribution in [0.2, 0.25) is 10.0 Å². The third-order valence-corrected chi connectivity index (χ3v) is 5.69. The molecule has 0 spiro atoms. The predicted octanol–water partition coefficient (Wildman–Crippen LogP) is 4.83. The predicted molar refractivity (Wildman–Crippen MR) is 88.5 cm³/mol. The van der Waals surface area contributed by atoms with Gasteiger partial charge in [0.05, 0.1) is 10.0 Å². The highest BCUT2D eigenvalue weighted by molar-refractivity contribution is 9.10. The summed E-state index contributed by atoms with van der Waals surface area (Å²) in [4.78, 5) is -0.0789. The van der Waals surface area contributed by atoms with Crippen LogP contribution in [0.5, 0.6) is 0 Å². The van der Waals surface area contributed by atoms with Gasteiger partial charge in [0.15, 0.2) is 0 Å². The third kappa shape index (κ3) is 5.70. The lowest BCUT2D eigenvalue weighted by Crippen LogP contribution is -2.25. The van der Waals surface area contributed by atoms with E-state index in [9.17, 15) is 8.42 Å². The summed E-state index contributed by atoms with van der Waals surface area (Å²) < 4.78 is 27.5. The summed E-state index contributed by atoms with van der Waals surface area (Å²) in [5.74, 6) is 0.635. The van der Waals surface area contributed by atoms with Crippen molar-refractivity contribution in [3.8, 4) is 0 Å². The van der Waals surface area contributed by atoms with Crippen LogP contribution >= 0.6 is 50.7 Å². The topological polar surface area (TPSA) is 46.2 Å². The van der Waals surface area contributed by atoms with Crippen LogP contribution in [0.1, 0.15) is 25.7 Å². The fourth-order valence-corrected chi connectivity index (χ4v) is 4.83. The van der Waals surface area contributed by atoms with Gasteiger partial charge < -0.3 is 0 Å². The van der Waals surface area contributed by atoms with E-state index in [1.807, 2.05) is 0 Å². The molecule has 0 aliphatic rings. The van der Waals surface area contributed by atoms with E-state index in [0.29, 0.717) is 16.9 Å². The minimum Gasteiger partial charge on any atom is -0.211 e. The molecule has 0 aliphatic carbocycles. The Bertz CT molecular complexity index is 529. The number of unbranched alkanes of at least 4 members (excludes halogenated alkanes) is 3. The fraction of sp³-hybridized carbons (Fsp3) is 0.500.